The Morgan fingerprint density at radius 1 is 1.40 bits per heavy atom. The van der Waals surface area contributed by atoms with Crippen LogP contribution >= 0.6 is 0 Å². The molecular weight excluding hydrogens is 252 g/mol. The van der Waals surface area contributed by atoms with Crippen LogP contribution in [0.25, 0.3) is 0 Å². The van der Waals surface area contributed by atoms with E-state index in [1.54, 1.807) is 11.7 Å². The van der Waals surface area contributed by atoms with E-state index in [4.69, 9.17) is 5.73 Å². The molecule has 0 aliphatic carbocycles. The molecule has 0 radical (unpaired) electrons. The average molecular weight is 272 g/mol. The van der Waals surface area contributed by atoms with E-state index in [1.807, 2.05) is 38.1 Å². The Balaban J connectivity index is 2.13. The third-order valence-electron chi connectivity index (χ3n) is 3.41. The first-order valence-corrected chi connectivity index (χ1v) is 6.68. The van der Waals surface area contributed by atoms with Crippen molar-refractivity contribution >= 4 is 11.6 Å². The number of anilines is 1. The van der Waals surface area contributed by atoms with Gasteiger partial charge in [0, 0.05) is 13.6 Å². The normalized spacial score (nSPS) is 10.6. The van der Waals surface area contributed by atoms with Crippen molar-refractivity contribution in [3.8, 4) is 0 Å². The first kappa shape index (κ1) is 14.1. The lowest BCUT2D eigenvalue weighted by Gasteiger charge is -2.08. The molecule has 0 fully saturated rings. The van der Waals surface area contributed by atoms with Crippen LogP contribution in [-0.2, 0) is 20.0 Å². The lowest BCUT2D eigenvalue weighted by atomic mass is 10.1. The molecule has 2 aromatic rings. The Labute approximate surface area is 118 Å². The van der Waals surface area contributed by atoms with Crippen molar-refractivity contribution in [1.29, 1.82) is 0 Å². The maximum atomic E-state index is 12.2. The lowest BCUT2D eigenvalue weighted by molar-refractivity contribution is 0.0942. The van der Waals surface area contributed by atoms with E-state index < -0.39 is 0 Å². The predicted octanol–water partition coefficient (Wildman–Crippen LogP) is 1.80. The van der Waals surface area contributed by atoms with E-state index in [0.717, 1.165) is 16.8 Å². The number of nitrogen functional groups attached to an aromatic ring is 1. The van der Waals surface area contributed by atoms with Gasteiger partial charge in [-0.1, -0.05) is 31.2 Å². The molecule has 0 aliphatic rings. The van der Waals surface area contributed by atoms with Crippen molar-refractivity contribution in [2.24, 2.45) is 7.05 Å². The standard InChI is InChI=1S/C15H20N4O/c1-4-12-13(16)14(19(3)18-12)15(20)17-9-11-8-6-5-7-10(11)2/h5-8H,4,9,16H2,1-3H3,(H,17,20). The van der Waals surface area contributed by atoms with Crippen molar-refractivity contribution in [2.45, 2.75) is 26.8 Å². The molecule has 0 atom stereocenters. The summed E-state index contributed by atoms with van der Waals surface area (Å²) in [5, 5.41) is 7.15. The second-order valence-corrected chi connectivity index (χ2v) is 4.80. The second kappa shape index (κ2) is 5.77. The molecule has 0 spiro atoms. The van der Waals surface area contributed by atoms with Gasteiger partial charge in [-0.15, -0.1) is 0 Å². The Morgan fingerprint density at radius 2 is 2.10 bits per heavy atom. The molecule has 0 unspecified atom stereocenters. The number of aryl methyl sites for hydroxylation is 3. The molecule has 20 heavy (non-hydrogen) atoms. The summed E-state index contributed by atoms with van der Waals surface area (Å²) in [6.07, 6.45) is 0.713. The summed E-state index contributed by atoms with van der Waals surface area (Å²) < 4.78 is 1.54. The van der Waals surface area contributed by atoms with Crippen LogP contribution in [0.3, 0.4) is 0 Å². The van der Waals surface area contributed by atoms with Gasteiger partial charge in [-0.3, -0.25) is 9.48 Å². The van der Waals surface area contributed by atoms with Crippen LogP contribution in [0.1, 0.15) is 34.2 Å². The summed E-state index contributed by atoms with van der Waals surface area (Å²) in [5.74, 6) is -0.194. The minimum atomic E-state index is -0.194. The zero-order valence-corrected chi connectivity index (χ0v) is 12.1. The number of rotatable bonds is 4. The van der Waals surface area contributed by atoms with Gasteiger partial charge in [0.1, 0.15) is 5.69 Å². The summed E-state index contributed by atoms with van der Waals surface area (Å²) in [7, 11) is 1.73. The average Bonchev–Trinajstić information content (AvgIpc) is 2.72. The number of hydrogen-bond acceptors (Lipinski definition) is 3. The van der Waals surface area contributed by atoms with Gasteiger partial charge in [0.15, 0.2) is 0 Å². The van der Waals surface area contributed by atoms with Crippen LogP contribution in [-0.4, -0.2) is 15.7 Å². The topological polar surface area (TPSA) is 72.9 Å². The molecule has 5 heteroatoms. The number of nitrogens with zero attached hydrogens (tertiary/aromatic N) is 2. The fourth-order valence-corrected chi connectivity index (χ4v) is 2.19. The maximum absolute atomic E-state index is 12.2. The summed E-state index contributed by atoms with van der Waals surface area (Å²) in [6, 6.07) is 7.96. The number of amides is 1. The summed E-state index contributed by atoms with van der Waals surface area (Å²) in [6.45, 7) is 4.47. The number of nitrogens with one attached hydrogen (secondary N) is 1. The molecule has 1 amide bonds. The fraction of sp³-hybridized carbons (Fsp3) is 0.333. The number of carbonyl (C=O) groups excluding carboxylic acids is 1. The second-order valence-electron chi connectivity index (χ2n) is 4.80. The molecule has 0 aliphatic heterocycles. The highest BCUT2D eigenvalue weighted by Crippen LogP contribution is 2.17. The largest absolute Gasteiger partial charge is 0.395 e. The molecule has 3 N–H and O–H groups in total. The van der Waals surface area contributed by atoms with Gasteiger partial charge in [-0.2, -0.15) is 5.10 Å². The van der Waals surface area contributed by atoms with Crippen LogP contribution in [0.5, 0.6) is 0 Å². The van der Waals surface area contributed by atoms with Crippen molar-refractivity contribution in [1.82, 2.24) is 15.1 Å². The molecule has 1 aromatic heterocycles. The van der Waals surface area contributed by atoms with E-state index in [-0.39, 0.29) is 5.91 Å². The van der Waals surface area contributed by atoms with Crippen LogP contribution in [0.15, 0.2) is 24.3 Å². The number of carbonyl (C=O) groups is 1. The number of nitrogens with two attached hydrogens (primary N) is 1. The van der Waals surface area contributed by atoms with Gasteiger partial charge in [-0.05, 0) is 24.5 Å². The van der Waals surface area contributed by atoms with E-state index in [1.165, 1.54) is 0 Å². The van der Waals surface area contributed by atoms with Gasteiger partial charge in [-0.25, -0.2) is 0 Å². The van der Waals surface area contributed by atoms with E-state index in [9.17, 15) is 4.79 Å². The van der Waals surface area contributed by atoms with Crippen molar-refractivity contribution in [3.05, 3.63) is 46.8 Å². The molecular formula is C15H20N4O. The Hall–Kier alpha value is -2.30. The molecule has 0 saturated carbocycles. The fourth-order valence-electron chi connectivity index (χ4n) is 2.19. The van der Waals surface area contributed by atoms with E-state index in [2.05, 4.69) is 10.4 Å². The van der Waals surface area contributed by atoms with E-state index >= 15 is 0 Å². The Morgan fingerprint density at radius 3 is 2.70 bits per heavy atom. The molecule has 5 nitrogen and oxygen atoms in total. The van der Waals surface area contributed by atoms with Crippen LogP contribution in [0, 0.1) is 6.92 Å². The summed E-state index contributed by atoms with van der Waals surface area (Å²) in [4.78, 5) is 12.2. The zero-order valence-electron chi connectivity index (χ0n) is 12.1. The highest BCUT2D eigenvalue weighted by atomic mass is 16.2. The van der Waals surface area contributed by atoms with Crippen LogP contribution in [0.4, 0.5) is 5.69 Å². The van der Waals surface area contributed by atoms with Crippen LogP contribution in [0.2, 0.25) is 0 Å². The Bertz CT molecular complexity index is 631. The SMILES string of the molecule is CCc1nn(C)c(C(=O)NCc2ccccc2C)c1N. The molecule has 0 saturated heterocycles. The van der Waals surface area contributed by atoms with Gasteiger partial charge in [0.05, 0.1) is 11.4 Å². The number of aromatic nitrogens is 2. The van der Waals surface area contributed by atoms with Gasteiger partial charge in [0.25, 0.3) is 5.91 Å². The van der Waals surface area contributed by atoms with Gasteiger partial charge in [0.2, 0.25) is 0 Å². The molecule has 0 bridgehead atoms. The first-order chi connectivity index (χ1) is 9.54. The van der Waals surface area contributed by atoms with Gasteiger partial charge < -0.3 is 11.1 Å². The van der Waals surface area contributed by atoms with Crippen molar-refractivity contribution in [3.63, 3.8) is 0 Å². The zero-order chi connectivity index (χ0) is 14.7. The molecule has 106 valence electrons. The highest BCUT2D eigenvalue weighted by Gasteiger charge is 2.18. The van der Waals surface area contributed by atoms with Crippen LogP contribution < -0.4 is 11.1 Å². The molecule has 1 heterocycles. The van der Waals surface area contributed by atoms with Crippen molar-refractivity contribution < 1.29 is 4.79 Å². The maximum Gasteiger partial charge on any atom is 0.271 e. The quantitative estimate of drug-likeness (QED) is 0.891. The predicted molar refractivity (Wildman–Crippen MR) is 79.3 cm³/mol. The number of benzene rings is 1. The lowest BCUT2D eigenvalue weighted by Crippen LogP contribution is -2.26. The van der Waals surface area contributed by atoms with Gasteiger partial charge >= 0.3 is 0 Å². The minimum Gasteiger partial charge on any atom is -0.395 e. The molecule has 1 aromatic carbocycles. The highest BCUT2D eigenvalue weighted by molar-refractivity contribution is 5.97. The number of hydrogen-bond donors (Lipinski definition) is 2. The Kier molecular flexibility index (Phi) is 4.08. The first-order valence-electron chi connectivity index (χ1n) is 6.68. The smallest absolute Gasteiger partial charge is 0.271 e. The monoisotopic (exact) mass is 272 g/mol. The summed E-state index contributed by atoms with van der Waals surface area (Å²) in [5.41, 5.74) is 9.87. The minimum absolute atomic E-state index is 0.194. The summed E-state index contributed by atoms with van der Waals surface area (Å²) >= 11 is 0. The van der Waals surface area contributed by atoms with E-state index in [0.29, 0.717) is 24.3 Å². The van der Waals surface area contributed by atoms with Crippen molar-refractivity contribution in [2.75, 3.05) is 5.73 Å². The third kappa shape index (κ3) is 2.66. The third-order valence-corrected chi connectivity index (χ3v) is 3.41. The molecule has 2 rings (SSSR count).